The summed E-state index contributed by atoms with van der Waals surface area (Å²) in [6.07, 6.45) is 1.03. The predicted octanol–water partition coefficient (Wildman–Crippen LogP) is 7.49. The SMILES string of the molecule is CC(C)(C)[NH-].CC(C)(C)c1c[c-]c2c(c1)-c1cc(C(C)(C)C)ccc1C2.[Zr+2]. The van der Waals surface area contributed by atoms with E-state index in [0.29, 0.717) is 0 Å². The molecule has 0 saturated carbocycles. The predicted molar refractivity (Wildman–Crippen MR) is 115 cm³/mol. The molecule has 2 aromatic rings. The van der Waals surface area contributed by atoms with Gasteiger partial charge in [-0.05, 0) is 17.4 Å². The van der Waals surface area contributed by atoms with E-state index in [4.69, 9.17) is 5.73 Å². The van der Waals surface area contributed by atoms with Crippen molar-refractivity contribution in [2.24, 2.45) is 0 Å². The van der Waals surface area contributed by atoms with Crippen LogP contribution in [0.4, 0.5) is 0 Å². The van der Waals surface area contributed by atoms with Gasteiger partial charge < -0.3 is 5.73 Å². The second-order valence-electron chi connectivity index (χ2n) is 10.6. The summed E-state index contributed by atoms with van der Waals surface area (Å²) in [4.78, 5) is 0. The molecule has 3 rings (SSSR count). The molecule has 27 heavy (non-hydrogen) atoms. The zero-order valence-corrected chi connectivity index (χ0v) is 21.1. The van der Waals surface area contributed by atoms with Gasteiger partial charge in [-0.25, -0.2) is 0 Å². The smallest absolute Gasteiger partial charge is 0.673 e. The van der Waals surface area contributed by atoms with Gasteiger partial charge in [-0.15, -0.1) is 11.1 Å². The molecule has 0 heterocycles. The van der Waals surface area contributed by atoms with Crippen LogP contribution in [0, 0.1) is 6.07 Å². The number of rotatable bonds is 0. The molecule has 0 aliphatic heterocycles. The number of hydrogen-bond donors (Lipinski definition) is 0. The molecule has 0 spiro atoms. The Kier molecular flexibility index (Phi) is 7.51. The fourth-order valence-corrected chi connectivity index (χ4v) is 2.98. The largest absolute Gasteiger partial charge is 2.00 e. The van der Waals surface area contributed by atoms with Gasteiger partial charge in [-0.1, -0.05) is 97.1 Å². The van der Waals surface area contributed by atoms with Crippen LogP contribution in [0.1, 0.15) is 84.6 Å². The molecule has 1 nitrogen and oxygen atoms in total. The summed E-state index contributed by atoms with van der Waals surface area (Å²) in [7, 11) is 0. The average molecular weight is 441 g/mol. The number of hydrogen-bond acceptors (Lipinski definition) is 0. The van der Waals surface area contributed by atoms with Crippen molar-refractivity contribution < 1.29 is 26.2 Å². The van der Waals surface area contributed by atoms with Crippen molar-refractivity contribution in [3.05, 3.63) is 64.4 Å². The Morgan fingerprint density at radius 3 is 1.74 bits per heavy atom. The van der Waals surface area contributed by atoms with E-state index in [1.54, 1.807) is 0 Å². The van der Waals surface area contributed by atoms with E-state index in [-0.39, 0.29) is 42.6 Å². The quantitative estimate of drug-likeness (QED) is 0.323. The third-order valence-electron chi connectivity index (χ3n) is 4.53. The second-order valence-corrected chi connectivity index (χ2v) is 10.6. The Morgan fingerprint density at radius 2 is 1.26 bits per heavy atom. The van der Waals surface area contributed by atoms with Crippen molar-refractivity contribution in [3.8, 4) is 11.1 Å². The van der Waals surface area contributed by atoms with Crippen LogP contribution in [-0.4, -0.2) is 5.54 Å². The van der Waals surface area contributed by atoms with Crippen LogP contribution in [0.2, 0.25) is 0 Å². The van der Waals surface area contributed by atoms with E-state index < -0.39 is 0 Å². The molecule has 1 N–H and O–H groups in total. The van der Waals surface area contributed by atoms with Crippen molar-refractivity contribution in [3.63, 3.8) is 0 Å². The molecule has 0 saturated heterocycles. The standard InChI is InChI=1S/C21H25.C4H10N.Zr/c1-20(2,3)16-9-7-14-11-15-8-10-17(21(4,5)6)13-19(15)18(14)12-16;1-4(2,3)5;/h7,9-10,12-13H,11H2,1-6H3;5H,1-3H3;/q2*-1;+2. The molecule has 1 aliphatic carbocycles. The molecule has 0 radical (unpaired) electrons. The summed E-state index contributed by atoms with van der Waals surface area (Å²) in [6.45, 7) is 19.2. The van der Waals surface area contributed by atoms with Crippen LogP contribution in [0.3, 0.4) is 0 Å². The van der Waals surface area contributed by atoms with Crippen LogP contribution in [0.25, 0.3) is 16.9 Å². The zero-order valence-electron chi connectivity index (χ0n) is 18.6. The van der Waals surface area contributed by atoms with Crippen molar-refractivity contribution >= 4 is 0 Å². The van der Waals surface area contributed by atoms with E-state index in [1.807, 2.05) is 20.8 Å². The van der Waals surface area contributed by atoms with Gasteiger partial charge in [0.1, 0.15) is 0 Å². The first-order valence-electron chi connectivity index (χ1n) is 9.60. The van der Waals surface area contributed by atoms with Gasteiger partial charge in [-0.3, -0.25) is 0 Å². The van der Waals surface area contributed by atoms with Gasteiger partial charge in [0.2, 0.25) is 0 Å². The Hall–Kier alpha value is -0.717. The maximum atomic E-state index is 6.94. The normalized spacial score (nSPS) is 13.1. The van der Waals surface area contributed by atoms with Crippen LogP contribution in [0.5, 0.6) is 0 Å². The third kappa shape index (κ3) is 6.68. The average Bonchev–Trinajstić information content (AvgIpc) is 2.80. The van der Waals surface area contributed by atoms with Crippen LogP contribution >= 0.6 is 0 Å². The summed E-state index contributed by atoms with van der Waals surface area (Å²) >= 11 is 0. The first-order valence-corrected chi connectivity index (χ1v) is 9.60. The molecular weight excluding hydrogens is 406 g/mol. The molecule has 0 amide bonds. The van der Waals surface area contributed by atoms with E-state index in [2.05, 4.69) is 77.9 Å². The van der Waals surface area contributed by atoms with Crippen molar-refractivity contribution in [2.45, 2.75) is 85.1 Å². The fourth-order valence-electron chi connectivity index (χ4n) is 2.98. The van der Waals surface area contributed by atoms with Gasteiger partial charge >= 0.3 is 26.2 Å². The summed E-state index contributed by atoms with van der Waals surface area (Å²) in [5, 5.41) is 0. The topological polar surface area (TPSA) is 23.8 Å². The molecule has 0 fully saturated rings. The number of nitrogens with one attached hydrogen (secondary N) is 1. The van der Waals surface area contributed by atoms with Crippen LogP contribution < -0.4 is 0 Å². The van der Waals surface area contributed by atoms with E-state index in [0.717, 1.165) is 6.42 Å². The van der Waals surface area contributed by atoms with Crippen LogP contribution in [-0.2, 0) is 43.5 Å². The molecule has 0 unspecified atom stereocenters. The minimum absolute atomic E-state index is 0. The Bertz CT molecular complexity index is 716. The Morgan fingerprint density at radius 1 is 0.778 bits per heavy atom. The minimum atomic E-state index is -0.250. The maximum Gasteiger partial charge on any atom is 2.00 e. The van der Waals surface area contributed by atoms with Crippen molar-refractivity contribution in [1.29, 1.82) is 0 Å². The minimum Gasteiger partial charge on any atom is -0.673 e. The van der Waals surface area contributed by atoms with Gasteiger partial charge in [0.05, 0.1) is 0 Å². The maximum absolute atomic E-state index is 6.94. The number of fused-ring (bicyclic) bond motifs is 3. The number of benzene rings is 2. The fraction of sp³-hybridized carbons (Fsp3) is 0.520. The van der Waals surface area contributed by atoms with Crippen molar-refractivity contribution in [1.82, 2.24) is 0 Å². The first kappa shape index (κ1) is 24.3. The van der Waals surface area contributed by atoms with E-state index >= 15 is 0 Å². The summed E-state index contributed by atoms with van der Waals surface area (Å²) in [5.41, 5.74) is 15.4. The molecule has 0 atom stereocenters. The van der Waals surface area contributed by atoms with E-state index in [9.17, 15) is 0 Å². The molecule has 144 valence electrons. The van der Waals surface area contributed by atoms with Crippen molar-refractivity contribution in [2.75, 3.05) is 0 Å². The molecule has 2 aromatic carbocycles. The Labute approximate surface area is 186 Å². The molecule has 2 heteroatoms. The van der Waals surface area contributed by atoms with Gasteiger partial charge in [0.25, 0.3) is 0 Å². The van der Waals surface area contributed by atoms with Gasteiger partial charge in [-0.2, -0.15) is 29.3 Å². The molecular formula is C25H35NZr. The first-order chi connectivity index (χ1) is 11.7. The van der Waals surface area contributed by atoms with Gasteiger partial charge in [0.15, 0.2) is 0 Å². The Balaban J connectivity index is 0.000000542. The summed E-state index contributed by atoms with van der Waals surface area (Å²) in [5.74, 6) is 0. The third-order valence-corrected chi connectivity index (χ3v) is 4.53. The molecule has 1 aliphatic rings. The second kappa shape index (κ2) is 8.34. The summed E-state index contributed by atoms with van der Waals surface area (Å²) < 4.78 is 0. The van der Waals surface area contributed by atoms with E-state index in [1.165, 1.54) is 33.4 Å². The summed E-state index contributed by atoms with van der Waals surface area (Å²) in [6, 6.07) is 15.1. The molecule has 0 aromatic heterocycles. The molecule has 0 bridgehead atoms. The zero-order chi connectivity index (χ0) is 19.9. The van der Waals surface area contributed by atoms with Crippen LogP contribution in [0.15, 0.2) is 30.3 Å². The monoisotopic (exact) mass is 439 g/mol. The van der Waals surface area contributed by atoms with Gasteiger partial charge in [0, 0.05) is 0 Å².